The van der Waals surface area contributed by atoms with Gasteiger partial charge in [0.15, 0.2) is 0 Å². The molecule has 3 heteroatoms. The summed E-state index contributed by atoms with van der Waals surface area (Å²) in [6.07, 6.45) is 13.5. The van der Waals surface area contributed by atoms with Crippen molar-refractivity contribution < 1.29 is 4.79 Å². The Morgan fingerprint density at radius 2 is 1.40 bits per heavy atom. The second-order valence-corrected chi connectivity index (χ2v) is 6.03. The first-order valence-corrected chi connectivity index (χ1v) is 8.57. The number of nitrogens with zero attached hydrogens (tertiary/aromatic N) is 1. The predicted molar refractivity (Wildman–Crippen MR) is 87.8 cm³/mol. The van der Waals surface area contributed by atoms with Crippen molar-refractivity contribution in [3.63, 3.8) is 0 Å². The van der Waals surface area contributed by atoms with E-state index in [1.807, 2.05) is 14.1 Å². The molecule has 0 bridgehead atoms. The molecule has 120 valence electrons. The molecule has 1 atom stereocenters. The van der Waals surface area contributed by atoms with E-state index in [2.05, 4.69) is 24.1 Å². The van der Waals surface area contributed by atoms with Crippen LogP contribution in [0.15, 0.2) is 0 Å². The molecule has 1 amide bonds. The maximum absolute atomic E-state index is 11.8. The molecule has 0 spiro atoms. The van der Waals surface area contributed by atoms with Crippen LogP contribution < -0.4 is 5.32 Å². The lowest BCUT2D eigenvalue weighted by Gasteiger charge is -2.23. The molecule has 0 radical (unpaired) electrons. The summed E-state index contributed by atoms with van der Waals surface area (Å²) in [5.41, 5.74) is 0. The second-order valence-electron chi connectivity index (χ2n) is 6.03. The van der Waals surface area contributed by atoms with Crippen LogP contribution in [0.3, 0.4) is 0 Å². The molecule has 0 fully saturated rings. The third kappa shape index (κ3) is 11.3. The van der Waals surface area contributed by atoms with Crippen LogP contribution in [0.4, 0.5) is 0 Å². The molecule has 0 aromatic carbocycles. The van der Waals surface area contributed by atoms with Crippen molar-refractivity contribution in [2.24, 2.45) is 0 Å². The van der Waals surface area contributed by atoms with Gasteiger partial charge in [0, 0.05) is 6.42 Å². The van der Waals surface area contributed by atoms with Crippen LogP contribution in [0.1, 0.15) is 84.5 Å². The lowest BCUT2D eigenvalue weighted by molar-refractivity contribution is -0.123. The molecule has 0 saturated heterocycles. The third-order valence-electron chi connectivity index (χ3n) is 3.85. The van der Waals surface area contributed by atoms with Gasteiger partial charge in [0.1, 0.15) is 0 Å². The molecule has 0 aliphatic heterocycles. The van der Waals surface area contributed by atoms with Crippen LogP contribution >= 0.6 is 0 Å². The number of carbonyl (C=O) groups excluding carboxylic acids is 1. The largest absolute Gasteiger partial charge is 0.341 e. The van der Waals surface area contributed by atoms with E-state index >= 15 is 0 Å². The fourth-order valence-corrected chi connectivity index (χ4v) is 2.45. The third-order valence-corrected chi connectivity index (χ3v) is 3.85. The fourth-order valence-electron chi connectivity index (χ4n) is 2.45. The van der Waals surface area contributed by atoms with Crippen molar-refractivity contribution in [1.82, 2.24) is 10.2 Å². The van der Waals surface area contributed by atoms with Crippen molar-refractivity contribution >= 4 is 5.91 Å². The number of amides is 1. The van der Waals surface area contributed by atoms with E-state index in [0.717, 1.165) is 12.8 Å². The Morgan fingerprint density at radius 3 is 1.85 bits per heavy atom. The van der Waals surface area contributed by atoms with Gasteiger partial charge in [0.2, 0.25) is 5.91 Å². The van der Waals surface area contributed by atoms with Gasteiger partial charge in [0.05, 0.1) is 6.17 Å². The topological polar surface area (TPSA) is 32.3 Å². The van der Waals surface area contributed by atoms with Crippen molar-refractivity contribution in [3.8, 4) is 0 Å². The van der Waals surface area contributed by atoms with E-state index in [-0.39, 0.29) is 12.1 Å². The van der Waals surface area contributed by atoms with Gasteiger partial charge in [-0.3, -0.25) is 9.69 Å². The second kappa shape index (κ2) is 13.4. The van der Waals surface area contributed by atoms with Gasteiger partial charge in [-0.2, -0.15) is 0 Å². The zero-order valence-corrected chi connectivity index (χ0v) is 14.2. The quantitative estimate of drug-likeness (QED) is 0.403. The van der Waals surface area contributed by atoms with Gasteiger partial charge in [-0.05, 0) is 26.9 Å². The molecular formula is C17H36N2O. The lowest BCUT2D eigenvalue weighted by Crippen LogP contribution is -2.44. The monoisotopic (exact) mass is 284 g/mol. The van der Waals surface area contributed by atoms with Gasteiger partial charge < -0.3 is 5.32 Å². The minimum atomic E-state index is 0.182. The maximum atomic E-state index is 11.8. The van der Waals surface area contributed by atoms with Crippen LogP contribution in [0, 0.1) is 0 Å². The molecule has 20 heavy (non-hydrogen) atoms. The summed E-state index contributed by atoms with van der Waals surface area (Å²) in [6, 6.07) is 0. The Bertz CT molecular complexity index is 229. The Kier molecular flexibility index (Phi) is 13.0. The number of rotatable bonds is 13. The minimum Gasteiger partial charge on any atom is -0.341 e. The number of nitrogens with one attached hydrogen (secondary N) is 1. The highest BCUT2D eigenvalue weighted by Gasteiger charge is 2.11. The van der Waals surface area contributed by atoms with Crippen molar-refractivity contribution in [1.29, 1.82) is 0 Å². The van der Waals surface area contributed by atoms with Gasteiger partial charge >= 0.3 is 0 Å². The van der Waals surface area contributed by atoms with E-state index in [1.165, 1.54) is 51.4 Å². The first kappa shape index (κ1) is 19.4. The SMILES string of the molecule is CCCCCCCCCCCC(=O)NC(CC)N(C)C. The zero-order chi connectivity index (χ0) is 15.2. The van der Waals surface area contributed by atoms with Gasteiger partial charge in [-0.25, -0.2) is 0 Å². The van der Waals surface area contributed by atoms with Crippen molar-refractivity contribution in [2.75, 3.05) is 14.1 Å². The Labute approximate surface area is 126 Å². The standard InChI is InChI=1S/C17H36N2O/c1-5-7-8-9-10-11-12-13-14-15-17(20)18-16(6-2)19(3)4/h16H,5-15H2,1-4H3,(H,18,20). The number of unbranched alkanes of at least 4 members (excludes halogenated alkanes) is 8. The summed E-state index contributed by atoms with van der Waals surface area (Å²) in [5, 5.41) is 3.08. The first-order chi connectivity index (χ1) is 9.61. The highest BCUT2D eigenvalue weighted by atomic mass is 16.1. The highest BCUT2D eigenvalue weighted by Crippen LogP contribution is 2.10. The fraction of sp³-hybridized carbons (Fsp3) is 0.941. The molecule has 0 aliphatic rings. The van der Waals surface area contributed by atoms with Crippen molar-refractivity contribution in [3.05, 3.63) is 0 Å². The predicted octanol–water partition coefficient (Wildman–Crippen LogP) is 4.32. The molecule has 0 aliphatic carbocycles. The molecule has 0 rings (SSSR count). The van der Waals surface area contributed by atoms with E-state index in [1.54, 1.807) is 0 Å². The van der Waals surface area contributed by atoms with E-state index in [9.17, 15) is 4.79 Å². The Morgan fingerprint density at radius 1 is 0.900 bits per heavy atom. The summed E-state index contributed by atoms with van der Waals surface area (Å²) >= 11 is 0. The molecule has 0 saturated carbocycles. The van der Waals surface area contributed by atoms with Gasteiger partial charge in [-0.15, -0.1) is 0 Å². The number of hydrogen-bond acceptors (Lipinski definition) is 2. The van der Waals surface area contributed by atoms with Gasteiger partial charge in [-0.1, -0.05) is 65.2 Å². The molecule has 0 aromatic rings. The average molecular weight is 284 g/mol. The Balaban J connectivity index is 3.39. The summed E-state index contributed by atoms with van der Waals surface area (Å²) in [5.74, 6) is 0.202. The van der Waals surface area contributed by atoms with Crippen LogP contribution in [-0.2, 0) is 4.79 Å². The molecule has 3 nitrogen and oxygen atoms in total. The normalized spacial score (nSPS) is 12.7. The summed E-state index contributed by atoms with van der Waals surface area (Å²) in [4.78, 5) is 13.8. The van der Waals surface area contributed by atoms with E-state index < -0.39 is 0 Å². The van der Waals surface area contributed by atoms with Gasteiger partial charge in [0.25, 0.3) is 0 Å². The number of carbonyl (C=O) groups is 1. The minimum absolute atomic E-state index is 0.182. The van der Waals surface area contributed by atoms with E-state index in [4.69, 9.17) is 0 Å². The van der Waals surface area contributed by atoms with Crippen LogP contribution in [0.5, 0.6) is 0 Å². The zero-order valence-electron chi connectivity index (χ0n) is 14.2. The summed E-state index contributed by atoms with van der Waals surface area (Å²) < 4.78 is 0. The lowest BCUT2D eigenvalue weighted by atomic mass is 10.1. The summed E-state index contributed by atoms with van der Waals surface area (Å²) in [6.45, 7) is 4.36. The molecule has 0 heterocycles. The number of hydrogen-bond donors (Lipinski definition) is 1. The average Bonchev–Trinajstić information content (AvgIpc) is 2.42. The maximum Gasteiger partial charge on any atom is 0.221 e. The molecule has 1 N–H and O–H groups in total. The molecular weight excluding hydrogens is 248 g/mol. The van der Waals surface area contributed by atoms with Crippen LogP contribution in [0.25, 0.3) is 0 Å². The highest BCUT2D eigenvalue weighted by molar-refractivity contribution is 5.76. The summed E-state index contributed by atoms with van der Waals surface area (Å²) in [7, 11) is 4.01. The van der Waals surface area contributed by atoms with Crippen LogP contribution in [0.2, 0.25) is 0 Å². The molecule has 1 unspecified atom stereocenters. The van der Waals surface area contributed by atoms with Crippen molar-refractivity contribution in [2.45, 2.75) is 90.6 Å². The van der Waals surface area contributed by atoms with E-state index in [0.29, 0.717) is 6.42 Å². The Hall–Kier alpha value is -0.570. The first-order valence-electron chi connectivity index (χ1n) is 8.57. The van der Waals surface area contributed by atoms with Crippen LogP contribution in [-0.4, -0.2) is 31.1 Å². The smallest absolute Gasteiger partial charge is 0.221 e. The molecule has 0 aromatic heterocycles.